The molecule has 2 N–H and O–H groups in total. The smallest absolute Gasteiger partial charge is 0.125 e. The van der Waals surface area contributed by atoms with Crippen molar-refractivity contribution in [2.45, 2.75) is 25.4 Å². The molecular weight excluding hydrogens is 219 g/mol. The van der Waals surface area contributed by atoms with E-state index in [0.717, 1.165) is 12.2 Å². The number of halogens is 1. The number of aliphatic hydroxyl groups excluding tert-OH is 1. The number of nitrogens with zero attached hydrogens (tertiary/aromatic N) is 1. The van der Waals surface area contributed by atoms with E-state index in [2.05, 4.69) is 24.1 Å². The fourth-order valence-electron chi connectivity index (χ4n) is 2.24. The van der Waals surface area contributed by atoms with Gasteiger partial charge >= 0.3 is 0 Å². The number of nitrogens with one attached hydrogen (secondary N) is 1. The zero-order valence-corrected chi connectivity index (χ0v) is 10.3. The number of piperazine rings is 1. The Morgan fingerprint density at radius 1 is 1.53 bits per heavy atom. The minimum Gasteiger partial charge on any atom is -0.394 e. The number of aliphatic hydroxyl groups is 1. The van der Waals surface area contributed by atoms with E-state index in [1.807, 2.05) is 6.07 Å². The van der Waals surface area contributed by atoms with Crippen molar-refractivity contribution in [1.82, 2.24) is 5.32 Å². The molecule has 1 saturated heterocycles. The second-order valence-electron chi connectivity index (χ2n) is 5.21. The van der Waals surface area contributed by atoms with E-state index in [-0.39, 0.29) is 24.0 Å². The summed E-state index contributed by atoms with van der Waals surface area (Å²) in [5, 5.41) is 12.8. The highest BCUT2D eigenvalue weighted by molar-refractivity contribution is 5.49. The minimum atomic E-state index is -0.240. The zero-order valence-electron chi connectivity index (χ0n) is 10.3. The molecule has 0 amide bonds. The maximum absolute atomic E-state index is 13.2. The summed E-state index contributed by atoms with van der Waals surface area (Å²) in [5.41, 5.74) is 0.802. The molecule has 94 valence electrons. The van der Waals surface area contributed by atoms with Crippen molar-refractivity contribution in [2.75, 3.05) is 24.6 Å². The van der Waals surface area contributed by atoms with E-state index in [4.69, 9.17) is 0 Å². The van der Waals surface area contributed by atoms with Gasteiger partial charge in [0.15, 0.2) is 0 Å². The Hall–Kier alpha value is -1.13. The fraction of sp³-hybridized carbons (Fsp3) is 0.538. The molecule has 0 aromatic heterocycles. The van der Waals surface area contributed by atoms with Crippen LogP contribution in [0.2, 0.25) is 0 Å². The Morgan fingerprint density at radius 3 is 2.94 bits per heavy atom. The first kappa shape index (κ1) is 12.3. The topological polar surface area (TPSA) is 35.5 Å². The third-order valence-corrected chi connectivity index (χ3v) is 3.17. The Kier molecular flexibility index (Phi) is 3.35. The van der Waals surface area contributed by atoms with Gasteiger partial charge in [-0.25, -0.2) is 4.39 Å². The van der Waals surface area contributed by atoms with Gasteiger partial charge in [0.05, 0.1) is 12.6 Å². The van der Waals surface area contributed by atoms with Crippen molar-refractivity contribution >= 4 is 5.69 Å². The number of rotatable bonds is 2. The van der Waals surface area contributed by atoms with Crippen LogP contribution in [0.25, 0.3) is 0 Å². The van der Waals surface area contributed by atoms with Crippen molar-refractivity contribution in [2.24, 2.45) is 0 Å². The van der Waals surface area contributed by atoms with Gasteiger partial charge < -0.3 is 15.3 Å². The highest BCUT2D eigenvalue weighted by atomic mass is 19.1. The molecule has 1 unspecified atom stereocenters. The number of hydrogen-bond acceptors (Lipinski definition) is 3. The standard InChI is InChI=1S/C13H19FN2O/c1-13(2)9-16(12(8-17)7-15-13)11-5-3-4-10(14)6-11/h3-6,12,15,17H,7-9H2,1-2H3. The lowest BCUT2D eigenvalue weighted by molar-refractivity contribution is 0.214. The molecule has 0 radical (unpaired) electrons. The van der Waals surface area contributed by atoms with Crippen molar-refractivity contribution in [3.05, 3.63) is 30.1 Å². The molecule has 0 aliphatic carbocycles. The quantitative estimate of drug-likeness (QED) is 0.817. The largest absolute Gasteiger partial charge is 0.394 e. The van der Waals surface area contributed by atoms with Crippen LogP contribution in [-0.2, 0) is 0 Å². The molecule has 1 aromatic rings. The maximum Gasteiger partial charge on any atom is 0.125 e. The van der Waals surface area contributed by atoms with Gasteiger partial charge in [-0.3, -0.25) is 0 Å². The van der Waals surface area contributed by atoms with E-state index in [1.165, 1.54) is 12.1 Å². The van der Waals surface area contributed by atoms with Gasteiger partial charge in [-0.2, -0.15) is 0 Å². The van der Waals surface area contributed by atoms with Crippen LogP contribution in [0, 0.1) is 5.82 Å². The molecule has 0 saturated carbocycles. The molecule has 0 spiro atoms. The Balaban J connectivity index is 2.26. The Bertz CT molecular complexity index is 395. The van der Waals surface area contributed by atoms with Crippen molar-refractivity contribution in [3.63, 3.8) is 0 Å². The molecule has 1 heterocycles. The molecule has 1 aliphatic heterocycles. The lowest BCUT2D eigenvalue weighted by atomic mass is 9.98. The summed E-state index contributed by atoms with van der Waals surface area (Å²) < 4.78 is 13.2. The summed E-state index contributed by atoms with van der Waals surface area (Å²) in [4.78, 5) is 2.07. The van der Waals surface area contributed by atoms with Crippen molar-refractivity contribution < 1.29 is 9.50 Å². The molecule has 0 bridgehead atoms. The van der Waals surface area contributed by atoms with Crippen LogP contribution >= 0.6 is 0 Å². The van der Waals surface area contributed by atoms with E-state index >= 15 is 0 Å². The van der Waals surface area contributed by atoms with Crippen LogP contribution in [0.1, 0.15) is 13.8 Å². The van der Waals surface area contributed by atoms with Gasteiger partial charge in [0.1, 0.15) is 5.82 Å². The van der Waals surface area contributed by atoms with Crippen molar-refractivity contribution in [3.8, 4) is 0 Å². The average Bonchev–Trinajstić information content (AvgIpc) is 2.28. The highest BCUT2D eigenvalue weighted by Crippen LogP contribution is 2.23. The molecule has 3 nitrogen and oxygen atoms in total. The highest BCUT2D eigenvalue weighted by Gasteiger charge is 2.32. The zero-order chi connectivity index (χ0) is 12.5. The molecule has 4 heteroatoms. The average molecular weight is 238 g/mol. The normalized spacial score (nSPS) is 23.8. The summed E-state index contributed by atoms with van der Waals surface area (Å²) in [6.07, 6.45) is 0. The molecule has 1 aliphatic rings. The Labute approximate surface area is 101 Å². The number of hydrogen-bond donors (Lipinski definition) is 2. The van der Waals surface area contributed by atoms with Crippen LogP contribution in [0.3, 0.4) is 0 Å². The van der Waals surface area contributed by atoms with E-state index in [0.29, 0.717) is 6.54 Å². The van der Waals surface area contributed by atoms with Gasteiger partial charge in [0.25, 0.3) is 0 Å². The van der Waals surface area contributed by atoms with E-state index in [9.17, 15) is 9.50 Å². The van der Waals surface area contributed by atoms with Gasteiger partial charge in [-0.15, -0.1) is 0 Å². The van der Waals surface area contributed by atoms with Gasteiger partial charge in [0, 0.05) is 24.3 Å². The monoisotopic (exact) mass is 238 g/mol. The first-order chi connectivity index (χ1) is 8.02. The van der Waals surface area contributed by atoms with Gasteiger partial charge in [-0.05, 0) is 32.0 Å². The number of benzene rings is 1. The lowest BCUT2D eigenvalue weighted by Crippen LogP contribution is -2.62. The third kappa shape index (κ3) is 2.76. The summed E-state index contributed by atoms with van der Waals surface area (Å²) in [5.74, 6) is -0.240. The molecule has 17 heavy (non-hydrogen) atoms. The van der Waals surface area contributed by atoms with Gasteiger partial charge in [-0.1, -0.05) is 6.07 Å². The predicted octanol–water partition coefficient (Wildman–Crippen LogP) is 1.37. The molecule has 1 aromatic carbocycles. The van der Waals surface area contributed by atoms with Gasteiger partial charge in [0.2, 0.25) is 0 Å². The maximum atomic E-state index is 13.2. The Morgan fingerprint density at radius 2 is 2.29 bits per heavy atom. The minimum absolute atomic E-state index is 0.00447. The van der Waals surface area contributed by atoms with Crippen LogP contribution in [-0.4, -0.2) is 36.4 Å². The SMILES string of the molecule is CC1(C)CN(c2cccc(F)c2)C(CO)CN1. The first-order valence-corrected chi connectivity index (χ1v) is 5.90. The summed E-state index contributed by atoms with van der Waals surface area (Å²) >= 11 is 0. The fourth-order valence-corrected chi connectivity index (χ4v) is 2.24. The molecule has 1 fully saturated rings. The second kappa shape index (κ2) is 4.63. The summed E-state index contributed by atoms with van der Waals surface area (Å²) in [6, 6.07) is 6.54. The first-order valence-electron chi connectivity index (χ1n) is 5.90. The van der Waals surface area contributed by atoms with E-state index in [1.54, 1.807) is 6.07 Å². The molecule has 1 atom stereocenters. The van der Waals surface area contributed by atoms with Crippen LogP contribution in [0.4, 0.5) is 10.1 Å². The summed E-state index contributed by atoms with van der Waals surface area (Å²) in [7, 11) is 0. The van der Waals surface area contributed by atoms with Crippen molar-refractivity contribution in [1.29, 1.82) is 0 Å². The van der Waals surface area contributed by atoms with E-state index < -0.39 is 0 Å². The van der Waals surface area contributed by atoms with Crippen LogP contribution < -0.4 is 10.2 Å². The lowest BCUT2D eigenvalue weighted by Gasteiger charge is -2.45. The van der Waals surface area contributed by atoms with Crippen LogP contribution in [0.15, 0.2) is 24.3 Å². The molecule has 2 rings (SSSR count). The molecular formula is C13H19FN2O. The summed E-state index contributed by atoms with van der Waals surface area (Å²) in [6.45, 7) is 5.74. The predicted molar refractivity (Wildman–Crippen MR) is 66.7 cm³/mol. The second-order valence-corrected chi connectivity index (χ2v) is 5.21. The number of anilines is 1. The van der Waals surface area contributed by atoms with Crippen LogP contribution in [0.5, 0.6) is 0 Å². The third-order valence-electron chi connectivity index (χ3n) is 3.17.